The van der Waals surface area contributed by atoms with Crippen LogP contribution in [0.15, 0.2) is 18.3 Å². The van der Waals surface area contributed by atoms with Gasteiger partial charge in [-0.05, 0) is 32.0 Å². The third-order valence-corrected chi connectivity index (χ3v) is 1.98. The van der Waals surface area contributed by atoms with Crippen molar-refractivity contribution in [2.24, 2.45) is 0 Å². The first-order chi connectivity index (χ1) is 6.74. The Morgan fingerprint density at radius 2 is 2.36 bits per heavy atom. The van der Waals surface area contributed by atoms with Gasteiger partial charge in [-0.15, -0.1) is 0 Å². The lowest BCUT2D eigenvalue weighted by Gasteiger charge is -2.12. The van der Waals surface area contributed by atoms with Crippen molar-refractivity contribution in [3.05, 3.63) is 29.8 Å². The summed E-state index contributed by atoms with van der Waals surface area (Å²) < 4.78 is 12.5. The molecule has 0 amide bonds. The monoisotopic (exact) mass is 198 g/mol. The van der Waals surface area contributed by atoms with Crippen molar-refractivity contribution >= 4 is 0 Å². The topological polar surface area (TPSA) is 45.1 Å². The van der Waals surface area contributed by atoms with Crippen LogP contribution in [0.5, 0.6) is 0 Å². The summed E-state index contributed by atoms with van der Waals surface area (Å²) >= 11 is 0. The second-order valence-electron chi connectivity index (χ2n) is 3.15. The smallest absolute Gasteiger partial charge is 0.141 e. The first-order valence-corrected chi connectivity index (χ1v) is 4.69. The summed E-state index contributed by atoms with van der Waals surface area (Å²) in [5, 5.41) is 11.8. The molecule has 1 rings (SSSR count). The van der Waals surface area contributed by atoms with E-state index in [1.165, 1.54) is 12.3 Å². The summed E-state index contributed by atoms with van der Waals surface area (Å²) in [7, 11) is 0. The molecule has 14 heavy (non-hydrogen) atoms. The van der Waals surface area contributed by atoms with Crippen LogP contribution >= 0.6 is 0 Å². The molecule has 3 nitrogen and oxygen atoms in total. The zero-order valence-electron chi connectivity index (χ0n) is 8.20. The van der Waals surface area contributed by atoms with E-state index >= 15 is 0 Å². The molecule has 1 atom stereocenters. The number of hydrogen-bond donors (Lipinski definition) is 2. The molecule has 0 saturated carbocycles. The maximum atomic E-state index is 12.5. The zero-order valence-corrected chi connectivity index (χ0v) is 8.20. The Bertz CT molecular complexity index is 263. The first kappa shape index (κ1) is 11.1. The van der Waals surface area contributed by atoms with Crippen LogP contribution in [0, 0.1) is 5.82 Å². The molecule has 1 aromatic heterocycles. The van der Waals surface area contributed by atoms with Crippen molar-refractivity contribution in [2.75, 3.05) is 13.2 Å². The van der Waals surface area contributed by atoms with Gasteiger partial charge in [0.05, 0.1) is 11.9 Å². The average molecular weight is 198 g/mol. The molecular weight excluding hydrogens is 183 g/mol. The molecule has 0 fully saturated rings. The van der Waals surface area contributed by atoms with Crippen LogP contribution in [-0.2, 0) is 0 Å². The van der Waals surface area contributed by atoms with Gasteiger partial charge in [-0.2, -0.15) is 0 Å². The summed E-state index contributed by atoms with van der Waals surface area (Å²) in [6.07, 6.45) is 1.92. The van der Waals surface area contributed by atoms with Crippen molar-refractivity contribution in [3.8, 4) is 0 Å². The van der Waals surface area contributed by atoms with Gasteiger partial charge in [0.2, 0.25) is 0 Å². The van der Waals surface area contributed by atoms with E-state index in [1.807, 2.05) is 6.92 Å². The van der Waals surface area contributed by atoms with Crippen LogP contribution in [0.3, 0.4) is 0 Å². The van der Waals surface area contributed by atoms with Crippen LogP contribution in [0.2, 0.25) is 0 Å². The van der Waals surface area contributed by atoms with Crippen molar-refractivity contribution in [1.29, 1.82) is 0 Å². The lowest BCUT2D eigenvalue weighted by Crippen LogP contribution is -2.21. The Labute approximate surface area is 83.0 Å². The minimum absolute atomic E-state index is 0.0853. The molecule has 0 aliphatic rings. The number of nitrogens with one attached hydrogen (secondary N) is 1. The van der Waals surface area contributed by atoms with Crippen LogP contribution in [0.4, 0.5) is 4.39 Å². The number of aliphatic hydroxyl groups is 1. The quantitative estimate of drug-likeness (QED) is 0.700. The maximum Gasteiger partial charge on any atom is 0.141 e. The van der Waals surface area contributed by atoms with Crippen molar-refractivity contribution < 1.29 is 9.50 Å². The summed E-state index contributed by atoms with van der Waals surface area (Å²) in [6, 6.07) is 3.14. The maximum absolute atomic E-state index is 12.5. The van der Waals surface area contributed by atoms with Crippen molar-refractivity contribution in [3.63, 3.8) is 0 Å². The number of hydrogen-bond acceptors (Lipinski definition) is 3. The second kappa shape index (κ2) is 5.67. The molecular formula is C10H15FN2O. The van der Waals surface area contributed by atoms with Gasteiger partial charge in [-0.1, -0.05) is 0 Å². The third kappa shape index (κ3) is 3.40. The third-order valence-electron chi connectivity index (χ3n) is 1.98. The number of halogens is 1. The number of pyridine rings is 1. The Morgan fingerprint density at radius 1 is 1.57 bits per heavy atom. The highest BCUT2D eigenvalue weighted by Gasteiger charge is 2.04. The minimum atomic E-state index is -0.323. The van der Waals surface area contributed by atoms with Gasteiger partial charge in [0.25, 0.3) is 0 Å². The fraction of sp³-hybridized carbons (Fsp3) is 0.500. The molecule has 0 spiro atoms. The summed E-state index contributed by atoms with van der Waals surface area (Å²) in [6.45, 7) is 2.87. The van der Waals surface area contributed by atoms with E-state index in [-0.39, 0.29) is 18.5 Å². The van der Waals surface area contributed by atoms with Gasteiger partial charge in [-0.3, -0.25) is 4.98 Å². The molecule has 1 heterocycles. The fourth-order valence-electron chi connectivity index (χ4n) is 1.15. The number of nitrogens with zero attached hydrogens (tertiary/aromatic N) is 1. The molecule has 0 bridgehead atoms. The Morgan fingerprint density at radius 3 is 2.93 bits per heavy atom. The largest absolute Gasteiger partial charge is 0.396 e. The second-order valence-corrected chi connectivity index (χ2v) is 3.15. The fourth-order valence-corrected chi connectivity index (χ4v) is 1.15. The lowest BCUT2D eigenvalue weighted by molar-refractivity contribution is 0.283. The van der Waals surface area contributed by atoms with Gasteiger partial charge in [0.1, 0.15) is 5.82 Å². The normalized spacial score (nSPS) is 12.8. The highest BCUT2D eigenvalue weighted by atomic mass is 19.1. The molecule has 0 aromatic carbocycles. The van der Waals surface area contributed by atoms with Gasteiger partial charge in [0, 0.05) is 12.6 Å². The lowest BCUT2D eigenvalue weighted by atomic mass is 10.2. The molecule has 4 heteroatoms. The van der Waals surface area contributed by atoms with E-state index in [0.29, 0.717) is 6.42 Å². The molecule has 0 aliphatic heterocycles. The summed E-state index contributed by atoms with van der Waals surface area (Å²) in [4.78, 5) is 3.96. The van der Waals surface area contributed by atoms with Crippen LogP contribution in [0.1, 0.15) is 25.1 Å². The van der Waals surface area contributed by atoms with E-state index < -0.39 is 0 Å². The molecule has 0 radical (unpaired) electrons. The Balaban J connectivity index is 2.43. The SMILES string of the molecule is CC(NCCCO)c1ccc(F)cn1. The molecule has 2 N–H and O–H groups in total. The van der Waals surface area contributed by atoms with Gasteiger partial charge >= 0.3 is 0 Å². The highest BCUT2D eigenvalue weighted by molar-refractivity contribution is 5.08. The summed E-state index contributed by atoms with van der Waals surface area (Å²) in [5.74, 6) is -0.323. The van der Waals surface area contributed by atoms with E-state index in [2.05, 4.69) is 10.3 Å². The van der Waals surface area contributed by atoms with Crippen LogP contribution < -0.4 is 5.32 Å². The predicted molar refractivity (Wildman–Crippen MR) is 52.3 cm³/mol. The molecule has 1 unspecified atom stereocenters. The van der Waals surface area contributed by atoms with Crippen molar-refractivity contribution in [1.82, 2.24) is 10.3 Å². The average Bonchev–Trinajstić information content (AvgIpc) is 2.19. The van der Waals surface area contributed by atoms with Gasteiger partial charge in [-0.25, -0.2) is 4.39 Å². The summed E-state index contributed by atoms with van der Waals surface area (Å²) in [5.41, 5.74) is 0.810. The molecule has 0 aliphatic carbocycles. The van der Waals surface area contributed by atoms with Gasteiger partial charge in [0.15, 0.2) is 0 Å². The molecule has 0 saturated heterocycles. The van der Waals surface area contributed by atoms with Crippen molar-refractivity contribution in [2.45, 2.75) is 19.4 Å². The van der Waals surface area contributed by atoms with Crippen LogP contribution in [-0.4, -0.2) is 23.2 Å². The predicted octanol–water partition coefficient (Wildman–Crippen LogP) is 1.25. The molecule has 1 aromatic rings. The van der Waals surface area contributed by atoms with E-state index in [0.717, 1.165) is 12.2 Å². The Kier molecular flexibility index (Phi) is 4.49. The Hall–Kier alpha value is -1.00. The first-order valence-electron chi connectivity index (χ1n) is 4.69. The van der Waals surface area contributed by atoms with E-state index in [4.69, 9.17) is 5.11 Å². The van der Waals surface area contributed by atoms with Crippen LogP contribution in [0.25, 0.3) is 0 Å². The number of rotatable bonds is 5. The molecule has 78 valence electrons. The van der Waals surface area contributed by atoms with E-state index in [9.17, 15) is 4.39 Å². The number of aliphatic hydroxyl groups excluding tert-OH is 1. The zero-order chi connectivity index (χ0) is 10.4. The highest BCUT2D eigenvalue weighted by Crippen LogP contribution is 2.08. The minimum Gasteiger partial charge on any atom is -0.396 e. The van der Waals surface area contributed by atoms with Gasteiger partial charge < -0.3 is 10.4 Å². The van der Waals surface area contributed by atoms with E-state index in [1.54, 1.807) is 6.07 Å². The number of aromatic nitrogens is 1. The standard InChI is InChI=1S/C10H15FN2O/c1-8(12-5-2-6-14)10-4-3-9(11)7-13-10/h3-4,7-8,12,14H,2,5-6H2,1H3.